The van der Waals surface area contributed by atoms with Crippen molar-refractivity contribution in [1.82, 2.24) is 14.9 Å². The van der Waals surface area contributed by atoms with Gasteiger partial charge in [0.2, 0.25) is 0 Å². The summed E-state index contributed by atoms with van der Waals surface area (Å²) >= 11 is 3.26. The number of rotatable bonds is 5. The molecule has 0 unspecified atom stereocenters. The molecule has 0 atom stereocenters. The van der Waals surface area contributed by atoms with Crippen molar-refractivity contribution in [1.29, 1.82) is 0 Å². The number of amides is 1. The molecule has 8 heteroatoms. The first kappa shape index (κ1) is 22.0. The first-order chi connectivity index (χ1) is 12.9. The van der Waals surface area contributed by atoms with Crippen molar-refractivity contribution < 1.29 is 9.18 Å². The van der Waals surface area contributed by atoms with Crippen molar-refractivity contribution in [2.45, 2.75) is 20.8 Å². The summed E-state index contributed by atoms with van der Waals surface area (Å²) in [6, 6.07) is 8.43. The van der Waals surface area contributed by atoms with E-state index in [0.29, 0.717) is 39.8 Å². The Hall–Kier alpha value is -2.25. The lowest BCUT2D eigenvalue weighted by molar-refractivity contribution is 0.0773. The van der Waals surface area contributed by atoms with E-state index in [2.05, 4.69) is 31.2 Å². The van der Waals surface area contributed by atoms with Crippen LogP contribution in [0.25, 0.3) is 11.0 Å². The van der Waals surface area contributed by atoms with Crippen LogP contribution in [0.2, 0.25) is 0 Å². The zero-order valence-electron chi connectivity index (χ0n) is 15.8. The van der Waals surface area contributed by atoms with Crippen LogP contribution in [0, 0.1) is 12.7 Å². The standard InChI is InChI=1S/C20H20BrFN4O.ClH/c1-4-26(5-2)20(27)15-11-23-19-14(8-6-12(3)24-19)18(15)25-17-9-7-13(21)10-16(17)22;/h6-11H,4-5H2,1-3H3,(H,23,24,25);1H. The monoisotopic (exact) mass is 466 g/mol. The van der Waals surface area contributed by atoms with Crippen LogP contribution >= 0.6 is 28.3 Å². The summed E-state index contributed by atoms with van der Waals surface area (Å²) in [4.78, 5) is 23.5. The minimum Gasteiger partial charge on any atom is -0.352 e. The summed E-state index contributed by atoms with van der Waals surface area (Å²) in [7, 11) is 0. The fourth-order valence-corrected chi connectivity index (χ4v) is 3.21. The molecule has 0 bridgehead atoms. The lowest BCUT2D eigenvalue weighted by Crippen LogP contribution is -2.31. The Morgan fingerprint density at radius 3 is 2.57 bits per heavy atom. The van der Waals surface area contributed by atoms with Crippen LogP contribution < -0.4 is 5.32 Å². The molecular weight excluding hydrogens is 447 g/mol. The van der Waals surface area contributed by atoms with E-state index in [-0.39, 0.29) is 24.0 Å². The van der Waals surface area contributed by atoms with E-state index in [1.165, 1.54) is 12.3 Å². The van der Waals surface area contributed by atoms with Gasteiger partial charge in [0.25, 0.3) is 5.91 Å². The highest BCUT2D eigenvalue weighted by Crippen LogP contribution is 2.31. The second kappa shape index (κ2) is 9.30. The van der Waals surface area contributed by atoms with Gasteiger partial charge in [-0.2, -0.15) is 0 Å². The smallest absolute Gasteiger partial charge is 0.257 e. The van der Waals surface area contributed by atoms with E-state index >= 15 is 0 Å². The third-order valence-corrected chi connectivity index (χ3v) is 4.83. The molecule has 1 aromatic carbocycles. The van der Waals surface area contributed by atoms with E-state index in [1.54, 1.807) is 17.0 Å². The molecule has 2 aromatic heterocycles. The van der Waals surface area contributed by atoms with E-state index in [4.69, 9.17) is 0 Å². The molecule has 28 heavy (non-hydrogen) atoms. The Bertz CT molecular complexity index is 1010. The zero-order chi connectivity index (χ0) is 19.6. The van der Waals surface area contributed by atoms with E-state index in [1.807, 2.05) is 32.9 Å². The van der Waals surface area contributed by atoms with Crippen molar-refractivity contribution in [3.63, 3.8) is 0 Å². The van der Waals surface area contributed by atoms with Gasteiger partial charge in [0.15, 0.2) is 5.65 Å². The molecule has 0 radical (unpaired) electrons. The fraction of sp³-hybridized carbons (Fsp3) is 0.250. The van der Waals surface area contributed by atoms with E-state index < -0.39 is 5.82 Å². The van der Waals surface area contributed by atoms with Gasteiger partial charge in [0.05, 0.1) is 16.9 Å². The Morgan fingerprint density at radius 1 is 1.21 bits per heavy atom. The van der Waals surface area contributed by atoms with Crippen LogP contribution in [0.15, 0.2) is 41.0 Å². The van der Waals surface area contributed by atoms with E-state index in [0.717, 1.165) is 5.69 Å². The van der Waals surface area contributed by atoms with Crippen molar-refractivity contribution in [3.05, 3.63) is 58.1 Å². The molecule has 0 saturated carbocycles. The van der Waals surface area contributed by atoms with Crippen molar-refractivity contribution in [2.24, 2.45) is 0 Å². The number of nitrogens with zero attached hydrogens (tertiary/aromatic N) is 3. The maximum atomic E-state index is 14.4. The number of carbonyl (C=O) groups excluding carboxylic acids is 1. The van der Waals surface area contributed by atoms with Gasteiger partial charge in [-0.05, 0) is 51.1 Å². The van der Waals surface area contributed by atoms with Crippen molar-refractivity contribution in [3.8, 4) is 0 Å². The molecule has 148 valence electrons. The van der Waals surface area contributed by atoms with Crippen LogP contribution in [0.1, 0.15) is 29.9 Å². The number of nitrogens with one attached hydrogen (secondary N) is 1. The van der Waals surface area contributed by atoms with Gasteiger partial charge in [0.1, 0.15) is 5.82 Å². The van der Waals surface area contributed by atoms with Gasteiger partial charge < -0.3 is 10.2 Å². The molecule has 3 rings (SSSR count). The summed E-state index contributed by atoms with van der Waals surface area (Å²) in [6.07, 6.45) is 1.51. The number of anilines is 2. The highest BCUT2D eigenvalue weighted by atomic mass is 79.9. The Balaban J connectivity index is 0.00000280. The summed E-state index contributed by atoms with van der Waals surface area (Å²) < 4.78 is 15.0. The van der Waals surface area contributed by atoms with E-state index in [9.17, 15) is 9.18 Å². The second-order valence-electron chi connectivity index (χ2n) is 6.10. The number of benzene rings is 1. The number of carbonyl (C=O) groups is 1. The number of hydrogen-bond donors (Lipinski definition) is 1. The number of hydrogen-bond acceptors (Lipinski definition) is 4. The van der Waals surface area contributed by atoms with Crippen LogP contribution in [-0.2, 0) is 0 Å². The molecule has 5 nitrogen and oxygen atoms in total. The third kappa shape index (κ3) is 4.42. The molecule has 0 aliphatic heterocycles. The topological polar surface area (TPSA) is 58.1 Å². The molecule has 2 heterocycles. The van der Waals surface area contributed by atoms with Gasteiger partial charge in [-0.25, -0.2) is 14.4 Å². The maximum absolute atomic E-state index is 14.4. The van der Waals surface area contributed by atoms with Crippen molar-refractivity contribution >= 4 is 56.7 Å². The van der Waals surface area contributed by atoms with Crippen LogP contribution in [0.3, 0.4) is 0 Å². The Morgan fingerprint density at radius 2 is 1.93 bits per heavy atom. The second-order valence-corrected chi connectivity index (χ2v) is 7.01. The number of aromatic nitrogens is 2. The predicted molar refractivity (Wildman–Crippen MR) is 116 cm³/mol. The van der Waals surface area contributed by atoms with Gasteiger partial charge in [-0.1, -0.05) is 15.9 Å². The highest BCUT2D eigenvalue weighted by Gasteiger charge is 2.21. The molecule has 0 saturated heterocycles. The summed E-state index contributed by atoms with van der Waals surface area (Å²) in [5.74, 6) is -0.578. The molecule has 0 aliphatic carbocycles. The lowest BCUT2D eigenvalue weighted by atomic mass is 10.1. The van der Waals surface area contributed by atoms with Crippen LogP contribution in [-0.4, -0.2) is 33.9 Å². The third-order valence-electron chi connectivity index (χ3n) is 4.34. The molecule has 0 fully saturated rings. The Labute approximate surface area is 177 Å². The molecule has 3 aromatic rings. The highest BCUT2D eigenvalue weighted by molar-refractivity contribution is 9.10. The Kier molecular flexibility index (Phi) is 7.32. The normalized spacial score (nSPS) is 10.5. The number of pyridine rings is 2. The molecule has 0 aliphatic rings. The van der Waals surface area contributed by atoms with Crippen molar-refractivity contribution in [2.75, 3.05) is 18.4 Å². The number of aryl methyl sites for hydroxylation is 1. The average molecular weight is 468 g/mol. The van der Waals surface area contributed by atoms with Crippen LogP contribution in [0.5, 0.6) is 0 Å². The van der Waals surface area contributed by atoms with Gasteiger partial charge >= 0.3 is 0 Å². The summed E-state index contributed by atoms with van der Waals surface area (Å²) in [5.41, 5.74) is 2.49. The summed E-state index contributed by atoms with van der Waals surface area (Å²) in [6.45, 7) is 6.86. The first-order valence-electron chi connectivity index (χ1n) is 8.72. The average Bonchev–Trinajstić information content (AvgIpc) is 2.64. The van der Waals surface area contributed by atoms with Gasteiger partial charge in [-0.3, -0.25) is 4.79 Å². The largest absolute Gasteiger partial charge is 0.352 e. The van der Waals surface area contributed by atoms with Gasteiger partial charge in [-0.15, -0.1) is 12.4 Å². The molecular formula is C20H21BrClFN4O. The van der Waals surface area contributed by atoms with Gasteiger partial charge in [0, 0.05) is 34.8 Å². The minimum absolute atomic E-state index is 0. The molecule has 1 N–H and O–H groups in total. The zero-order valence-corrected chi connectivity index (χ0v) is 18.2. The maximum Gasteiger partial charge on any atom is 0.257 e. The predicted octanol–water partition coefficient (Wildman–Crippen LogP) is 5.49. The first-order valence-corrected chi connectivity index (χ1v) is 9.51. The number of halogens is 3. The van der Waals surface area contributed by atoms with Crippen LogP contribution in [0.4, 0.5) is 15.8 Å². The minimum atomic E-state index is -0.421. The number of fused-ring (bicyclic) bond motifs is 1. The lowest BCUT2D eigenvalue weighted by Gasteiger charge is -2.21. The quantitative estimate of drug-likeness (QED) is 0.539. The SMILES string of the molecule is CCN(CC)C(=O)c1cnc2nc(C)ccc2c1Nc1ccc(Br)cc1F.Cl. The molecule has 0 spiro atoms. The summed E-state index contributed by atoms with van der Waals surface area (Å²) in [5, 5.41) is 3.76. The molecule has 1 amide bonds. The fourth-order valence-electron chi connectivity index (χ4n) is 2.88.